The van der Waals surface area contributed by atoms with Crippen LogP contribution in [0.3, 0.4) is 0 Å². The molecule has 1 aliphatic rings. The zero-order valence-corrected chi connectivity index (χ0v) is 12.9. The van der Waals surface area contributed by atoms with Crippen molar-refractivity contribution in [3.8, 4) is 0 Å². The van der Waals surface area contributed by atoms with Crippen molar-refractivity contribution in [1.29, 1.82) is 0 Å². The van der Waals surface area contributed by atoms with Crippen LogP contribution in [-0.4, -0.2) is 34.9 Å². The molecular weight excluding hydrogens is 293 g/mol. The third-order valence-electron chi connectivity index (χ3n) is 4.12. The van der Waals surface area contributed by atoms with Gasteiger partial charge in [-0.1, -0.05) is 18.2 Å². The minimum atomic E-state index is -0.172. The van der Waals surface area contributed by atoms with E-state index in [4.69, 9.17) is 0 Å². The number of amides is 1. The number of hydrogen-bond donors (Lipinski definition) is 1. The van der Waals surface area contributed by atoms with Crippen molar-refractivity contribution in [1.82, 2.24) is 15.2 Å². The van der Waals surface area contributed by atoms with E-state index in [1.54, 1.807) is 30.6 Å². The predicted molar refractivity (Wildman–Crippen MR) is 86.4 cm³/mol. The lowest BCUT2D eigenvalue weighted by Crippen LogP contribution is -2.47. The summed E-state index contributed by atoms with van der Waals surface area (Å²) in [5.74, 6) is -0.273. The Morgan fingerprint density at radius 1 is 1.30 bits per heavy atom. The zero-order chi connectivity index (χ0) is 16.1. The largest absolute Gasteiger partial charge is 0.348 e. The second-order valence-electron chi connectivity index (χ2n) is 5.88. The summed E-state index contributed by atoms with van der Waals surface area (Å²) in [5, 5.41) is 3.05. The fourth-order valence-electron chi connectivity index (χ4n) is 2.95. The highest BCUT2D eigenvalue weighted by molar-refractivity contribution is 5.94. The number of aromatic nitrogens is 1. The van der Waals surface area contributed by atoms with Crippen molar-refractivity contribution in [2.24, 2.45) is 0 Å². The van der Waals surface area contributed by atoms with E-state index in [0.717, 1.165) is 25.9 Å². The number of piperidine rings is 1. The van der Waals surface area contributed by atoms with Crippen LogP contribution >= 0.6 is 0 Å². The van der Waals surface area contributed by atoms with Crippen LogP contribution < -0.4 is 5.32 Å². The molecule has 2 aromatic rings. The van der Waals surface area contributed by atoms with Crippen LogP contribution in [0.15, 0.2) is 48.8 Å². The third kappa shape index (κ3) is 4.13. The van der Waals surface area contributed by atoms with Gasteiger partial charge in [-0.25, -0.2) is 4.39 Å². The van der Waals surface area contributed by atoms with Gasteiger partial charge in [0.1, 0.15) is 5.82 Å². The number of halogens is 1. The Morgan fingerprint density at radius 2 is 2.17 bits per heavy atom. The number of carbonyl (C=O) groups excluding carboxylic acids is 1. The Kier molecular flexibility index (Phi) is 4.98. The van der Waals surface area contributed by atoms with Gasteiger partial charge in [-0.05, 0) is 37.6 Å². The molecule has 1 fully saturated rings. The molecule has 0 spiro atoms. The average molecular weight is 313 g/mol. The molecule has 5 heteroatoms. The monoisotopic (exact) mass is 313 g/mol. The Hall–Kier alpha value is -2.27. The van der Waals surface area contributed by atoms with Gasteiger partial charge in [0.25, 0.3) is 5.91 Å². The minimum absolute atomic E-state index is 0.0863. The van der Waals surface area contributed by atoms with Crippen LogP contribution in [0, 0.1) is 5.82 Å². The second kappa shape index (κ2) is 7.33. The third-order valence-corrected chi connectivity index (χ3v) is 4.12. The molecule has 120 valence electrons. The van der Waals surface area contributed by atoms with Crippen LogP contribution in [0.25, 0.3) is 0 Å². The van der Waals surface area contributed by atoms with Gasteiger partial charge in [0.15, 0.2) is 0 Å². The lowest BCUT2D eigenvalue weighted by Gasteiger charge is -2.33. The van der Waals surface area contributed by atoms with Gasteiger partial charge >= 0.3 is 0 Å². The number of likely N-dealkylation sites (tertiary alicyclic amines) is 1. The molecule has 0 radical (unpaired) electrons. The van der Waals surface area contributed by atoms with Crippen LogP contribution in [0.4, 0.5) is 4.39 Å². The molecule has 1 aromatic heterocycles. The van der Waals surface area contributed by atoms with E-state index in [9.17, 15) is 9.18 Å². The van der Waals surface area contributed by atoms with E-state index >= 15 is 0 Å². The molecule has 1 aliphatic heterocycles. The maximum absolute atomic E-state index is 13.8. The molecule has 1 unspecified atom stereocenters. The van der Waals surface area contributed by atoms with Gasteiger partial charge in [0.2, 0.25) is 0 Å². The first-order chi connectivity index (χ1) is 11.2. The fourth-order valence-corrected chi connectivity index (χ4v) is 2.95. The Bertz CT molecular complexity index is 662. The normalized spacial score (nSPS) is 18.6. The van der Waals surface area contributed by atoms with Gasteiger partial charge in [-0.15, -0.1) is 0 Å². The average Bonchev–Trinajstić information content (AvgIpc) is 2.58. The highest BCUT2D eigenvalue weighted by Gasteiger charge is 2.22. The highest BCUT2D eigenvalue weighted by Crippen LogP contribution is 2.16. The quantitative estimate of drug-likeness (QED) is 0.944. The first-order valence-corrected chi connectivity index (χ1v) is 7.89. The summed E-state index contributed by atoms with van der Waals surface area (Å²) in [4.78, 5) is 18.4. The molecule has 1 aromatic carbocycles. The van der Waals surface area contributed by atoms with Crippen LogP contribution in [0.1, 0.15) is 28.8 Å². The van der Waals surface area contributed by atoms with Crippen molar-refractivity contribution in [2.45, 2.75) is 25.4 Å². The van der Waals surface area contributed by atoms with Crippen LogP contribution in [-0.2, 0) is 6.54 Å². The molecule has 0 saturated carbocycles. The molecule has 4 nitrogen and oxygen atoms in total. The van der Waals surface area contributed by atoms with E-state index in [-0.39, 0.29) is 17.8 Å². The highest BCUT2D eigenvalue weighted by atomic mass is 19.1. The Morgan fingerprint density at radius 3 is 2.96 bits per heavy atom. The number of carbonyl (C=O) groups is 1. The number of nitrogens with zero attached hydrogens (tertiary/aromatic N) is 2. The van der Waals surface area contributed by atoms with E-state index in [0.29, 0.717) is 17.7 Å². The minimum Gasteiger partial charge on any atom is -0.348 e. The van der Waals surface area contributed by atoms with Gasteiger partial charge in [0, 0.05) is 37.1 Å². The van der Waals surface area contributed by atoms with Crippen molar-refractivity contribution in [2.75, 3.05) is 13.1 Å². The van der Waals surface area contributed by atoms with Crippen molar-refractivity contribution < 1.29 is 9.18 Å². The van der Waals surface area contributed by atoms with Gasteiger partial charge in [0.05, 0.1) is 5.56 Å². The molecule has 1 amide bonds. The summed E-state index contributed by atoms with van der Waals surface area (Å²) < 4.78 is 13.8. The van der Waals surface area contributed by atoms with E-state index in [1.807, 2.05) is 12.1 Å². The summed E-state index contributed by atoms with van der Waals surface area (Å²) >= 11 is 0. The maximum atomic E-state index is 13.8. The van der Waals surface area contributed by atoms with Gasteiger partial charge in [-0.3, -0.25) is 14.7 Å². The summed E-state index contributed by atoms with van der Waals surface area (Å²) in [5.41, 5.74) is 1.27. The first-order valence-electron chi connectivity index (χ1n) is 7.89. The van der Waals surface area contributed by atoms with Gasteiger partial charge in [-0.2, -0.15) is 0 Å². The molecule has 1 N–H and O–H groups in total. The van der Waals surface area contributed by atoms with Crippen molar-refractivity contribution in [3.63, 3.8) is 0 Å². The molecule has 1 atom stereocenters. The summed E-state index contributed by atoms with van der Waals surface area (Å²) in [6.45, 7) is 2.24. The van der Waals surface area contributed by atoms with Crippen molar-refractivity contribution in [3.05, 3.63) is 65.7 Å². The first kappa shape index (κ1) is 15.6. The molecule has 0 aliphatic carbocycles. The van der Waals surface area contributed by atoms with E-state index in [1.165, 1.54) is 6.07 Å². The molecule has 2 heterocycles. The van der Waals surface area contributed by atoms with Crippen LogP contribution in [0.5, 0.6) is 0 Å². The number of hydrogen-bond acceptors (Lipinski definition) is 3. The van der Waals surface area contributed by atoms with E-state index in [2.05, 4.69) is 15.2 Å². The number of benzene rings is 1. The molecule has 0 bridgehead atoms. The predicted octanol–water partition coefficient (Wildman–Crippen LogP) is 2.62. The SMILES string of the molecule is O=C(NC1CCCN(Cc2ccccc2F)C1)c1cccnc1. The zero-order valence-electron chi connectivity index (χ0n) is 12.9. The Labute approximate surface area is 135 Å². The lowest BCUT2D eigenvalue weighted by atomic mass is 10.0. The fraction of sp³-hybridized carbons (Fsp3) is 0.333. The molecule has 1 saturated heterocycles. The summed E-state index contributed by atoms with van der Waals surface area (Å²) in [6, 6.07) is 10.4. The van der Waals surface area contributed by atoms with Crippen molar-refractivity contribution >= 4 is 5.91 Å². The second-order valence-corrected chi connectivity index (χ2v) is 5.88. The van der Waals surface area contributed by atoms with E-state index < -0.39 is 0 Å². The Balaban J connectivity index is 1.58. The summed E-state index contributed by atoms with van der Waals surface area (Å²) in [7, 11) is 0. The van der Waals surface area contributed by atoms with Crippen LogP contribution in [0.2, 0.25) is 0 Å². The number of pyridine rings is 1. The summed E-state index contributed by atoms with van der Waals surface area (Å²) in [6.07, 6.45) is 5.15. The molecular formula is C18H20FN3O. The smallest absolute Gasteiger partial charge is 0.253 e. The number of nitrogens with one attached hydrogen (secondary N) is 1. The number of rotatable bonds is 4. The van der Waals surface area contributed by atoms with Gasteiger partial charge < -0.3 is 5.32 Å². The topological polar surface area (TPSA) is 45.2 Å². The standard InChI is InChI=1S/C18H20FN3O/c19-17-8-2-1-5-15(17)12-22-10-4-7-16(13-22)21-18(23)14-6-3-9-20-11-14/h1-3,5-6,8-9,11,16H,4,7,10,12-13H2,(H,21,23). The molecule has 3 rings (SSSR count). The molecule has 23 heavy (non-hydrogen) atoms. The maximum Gasteiger partial charge on any atom is 0.253 e. The lowest BCUT2D eigenvalue weighted by molar-refractivity contribution is 0.0900.